The fourth-order valence-electron chi connectivity index (χ4n) is 9.38. The smallest absolute Gasteiger partial charge is 0.336 e. The Morgan fingerprint density at radius 1 is 0.618 bits per heavy atom. The summed E-state index contributed by atoms with van der Waals surface area (Å²) in [4.78, 5) is 87.8. The number of carboxylic acid groups (broad SMARTS) is 3. The molecule has 29 heteroatoms. The Balaban J connectivity index is 0.808. The predicted molar refractivity (Wildman–Crippen MR) is 323 cm³/mol. The summed E-state index contributed by atoms with van der Waals surface area (Å²) in [5.74, 6) is -7.47. The highest BCUT2D eigenvalue weighted by Gasteiger charge is 2.33. The van der Waals surface area contributed by atoms with Gasteiger partial charge in [0.05, 0.1) is 43.0 Å². The second-order valence-electron chi connectivity index (χ2n) is 20.1. The minimum Gasteiger partial charge on any atom is -0.481 e. The molecule has 5 aromatic rings. The van der Waals surface area contributed by atoms with E-state index >= 15 is 0 Å². The van der Waals surface area contributed by atoms with Gasteiger partial charge in [-0.3, -0.25) is 43.3 Å². The molecule has 4 aromatic carbocycles. The van der Waals surface area contributed by atoms with E-state index in [-0.39, 0.29) is 99.6 Å². The van der Waals surface area contributed by atoms with Gasteiger partial charge in [0, 0.05) is 72.5 Å². The molecule has 0 radical (unpaired) electrons. The molecule has 1 aliphatic carbocycles. The molecule has 0 saturated heterocycles. The first kappa shape index (κ1) is 67.6. The summed E-state index contributed by atoms with van der Waals surface area (Å²) in [5, 5.41) is 48.7. The molecule has 1 aliphatic heterocycles. The van der Waals surface area contributed by atoms with Gasteiger partial charge in [-0.1, -0.05) is 54.6 Å². The van der Waals surface area contributed by atoms with Gasteiger partial charge in [0.25, 0.3) is 26.1 Å². The number of ether oxygens (including phenoxy) is 3. The number of nitrogens with one attached hydrogen (secondary N) is 5. The number of rotatable bonds is 34. The fourth-order valence-corrected chi connectivity index (χ4v) is 11.8. The number of nitrogen functional groups attached to an aromatic ring is 1. The van der Waals surface area contributed by atoms with Crippen LogP contribution in [0.4, 0.5) is 5.69 Å². The third-order valence-electron chi connectivity index (χ3n) is 13.7. The van der Waals surface area contributed by atoms with Gasteiger partial charge in [-0.15, -0.1) is 11.3 Å². The van der Waals surface area contributed by atoms with Crippen LogP contribution in [0.3, 0.4) is 0 Å². The molecule has 26 nitrogen and oxygen atoms in total. The lowest BCUT2D eigenvalue weighted by Crippen LogP contribution is -2.54. The minimum atomic E-state index is -5.26. The van der Waals surface area contributed by atoms with Crippen molar-refractivity contribution in [3.63, 3.8) is 0 Å². The van der Waals surface area contributed by atoms with Crippen LogP contribution in [0.1, 0.15) is 71.2 Å². The minimum absolute atomic E-state index is 0.0233. The van der Waals surface area contributed by atoms with Crippen molar-refractivity contribution in [2.24, 2.45) is 0 Å². The van der Waals surface area contributed by atoms with Crippen LogP contribution in [-0.4, -0.2) is 148 Å². The van der Waals surface area contributed by atoms with E-state index in [0.29, 0.717) is 19.3 Å². The van der Waals surface area contributed by atoms with Gasteiger partial charge in [0.1, 0.15) is 12.1 Å². The summed E-state index contributed by atoms with van der Waals surface area (Å²) >= 11 is 1.62. The number of nitrogens with two attached hydrogens (primary N) is 1. The van der Waals surface area contributed by atoms with Crippen molar-refractivity contribution in [1.29, 1.82) is 5.41 Å². The number of benzene rings is 5. The van der Waals surface area contributed by atoms with Crippen molar-refractivity contribution in [2.45, 2.75) is 73.2 Å². The van der Waals surface area contributed by atoms with Crippen molar-refractivity contribution in [1.82, 2.24) is 21.3 Å². The quantitative estimate of drug-likeness (QED) is 0.00973. The number of aromatic carboxylic acids is 1. The molecule has 7 rings (SSSR count). The van der Waals surface area contributed by atoms with E-state index in [4.69, 9.17) is 29.8 Å². The largest absolute Gasteiger partial charge is 0.481 e. The molecule has 0 unspecified atom stereocenters. The molecule has 12 N–H and O–H groups in total. The van der Waals surface area contributed by atoms with E-state index in [9.17, 15) is 74.8 Å². The first-order chi connectivity index (χ1) is 42.4. The molecule has 1 aromatic heterocycles. The van der Waals surface area contributed by atoms with Gasteiger partial charge in [-0.05, 0) is 114 Å². The second kappa shape index (κ2) is 31.3. The molecule has 0 saturated carbocycles. The van der Waals surface area contributed by atoms with E-state index < -0.39 is 124 Å². The van der Waals surface area contributed by atoms with Crippen LogP contribution in [0.2, 0.25) is 0 Å². The van der Waals surface area contributed by atoms with E-state index in [1.807, 2.05) is 54.6 Å². The Kier molecular flexibility index (Phi) is 23.8. The lowest BCUT2D eigenvalue weighted by atomic mass is 9.89. The van der Waals surface area contributed by atoms with Gasteiger partial charge in [0.15, 0.2) is 21.1 Å². The van der Waals surface area contributed by atoms with E-state index in [2.05, 4.69) is 32.7 Å². The molecular formula is C60H64N6O20S3. The molecule has 472 valence electrons. The monoisotopic (exact) mass is 1280 g/mol. The number of aliphatic carboxylic acids is 2. The van der Waals surface area contributed by atoms with Gasteiger partial charge >= 0.3 is 17.9 Å². The number of amides is 4. The molecule has 0 spiro atoms. The number of hydrogen-bond donors (Lipinski definition) is 11. The van der Waals surface area contributed by atoms with Gasteiger partial charge in [-0.2, -0.15) is 16.8 Å². The topological polar surface area (TPSA) is 428 Å². The van der Waals surface area contributed by atoms with Crippen LogP contribution in [0.25, 0.3) is 55.0 Å². The van der Waals surface area contributed by atoms with E-state index in [1.54, 1.807) is 11.3 Å². The van der Waals surface area contributed by atoms with Crippen molar-refractivity contribution in [3.8, 4) is 44.0 Å². The highest BCUT2D eigenvalue weighted by molar-refractivity contribution is 7.86. The number of fused-ring (bicyclic) bond motifs is 2. The Labute approximate surface area is 513 Å². The maximum atomic E-state index is 13.5. The number of aryl methyl sites for hydroxylation is 1. The molecule has 0 bridgehead atoms. The summed E-state index contributed by atoms with van der Waals surface area (Å²) in [6.45, 7) is 1.26. The summed E-state index contributed by atoms with van der Waals surface area (Å²) in [7, 11) is -10.5. The maximum Gasteiger partial charge on any atom is 0.336 e. The molecule has 0 fully saturated rings. The number of hydrogen-bond acceptors (Lipinski definition) is 18. The lowest BCUT2D eigenvalue weighted by molar-refractivity contribution is -0.139. The van der Waals surface area contributed by atoms with Crippen LogP contribution in [0, 0.1) is 5.41 Å². The molecule has 89 heavy (non-hydrogen) atoms. The summed E-state index contributed by atoms with van der Waals surface area (Å²) in [6, 6.07) is 25.1. The van der Waals surface area contributed by atoms with Crippen molar-refractivity contribution >= 4 is 89.8 Å². The van der Waals surface area contributed by atoms with E-state index in [1.165, 1.54) is 18.2 Å². The highest BCUT2D eigenvalue weighted by atomic mass is 32.2. The number of thiophene rings is 1. The van der Waals surface area contributed by atoms with Crippen LogP contribution in [-0.2, 0) is 64.8 Å². The van der Waals surface area contributed by atoms with Crippen molar-refractivity contribution in [2.75, 3.05) is 58.5 Å². The standard InChI is InChI=1S/C60H64N6O20S3/c61-44-17-15-41-52(42-16-18-45(62)56(89(80,81)82)54(42)86-53(41)55(44)88(77,78)79)43-32-38(13-14-40(43)60(75)76)57(72)63-24-4-26-83-28-30-85-31-29-84-27-5-25-64-58(73)46(19-22-50(68)69)66-59(74)47(20-23-51(70)71)65-49(67)21-10-35-8-11-37(12-9-35)48-33-39(34-87-48)36-6-2-1-3-7-36/h1-3,6-9,11-18,32-34,46-47,61H,4-5,10,19-31,62H2,(H,63,72)(H,64,73)(H,65,67)(H,66,74)(H,68,69)(H,70,71)(H,75,76)(H,77,78,79)(H,80,81,82)/t46-,47-/m0/s1. The zero-order valence-corrected chi connectivity index (χ0v) is 50.0. The zero-order chi connectivity index (χ0) is 64.4. The Morgan fingerprint density at radius 2 is 1.22 bits per heavy atom. The van der Waals surface area contributed by atoms with Crippen LogP contribution < -0.4 is 32.4 Å². The first-order valence-electron chi connectivity index (χ1n) is 27.7. The fraction of sp³-hybridized carbons (Fsp3) is 0.300. The third kappa shape index (κ3) is 18.8. The molecule has 2 aliphatic rings. The maximum absolute atomic E-state index is 13.5. The van der Waals surface area contributed by atoms with Crippen LogP contribution in [0.5, 0.6) is 0 Å². The highest BCUT2D eigenvalue weighted by Crippen LogP contribution is 2.46. The number of carbonyl (C=O) groups excluding carboxylic acids is 4. The normalized spacial score (nSPS) is 12.3. The van der Waals surface area contributed by atoms with Gasteiger partial charge in [0.2, 0.25) is 17.7 Å². The number of carbonyl (C=O) groups is 7. The van der Waals surface area contributed by atoms with Crippen LogP contribution >= 0.6 is 11.3 Å². The molecule has 2 heterocycles. The van der Waals surface area contributed by atoms with E-state index in [0.717, 1.165) is 51.4 Å². The number of carboxylic acids is 3. The Hall–Kier alpha value is -8.94. The van der Waals surface area contributed by atoms with Crippen molar-refractivity contribution in [3.05, 3.63) is 131 Å². The van der Waals surface area contributed by atoms with Crippen molar-refractivity contribution < 1.29 is 93.5 Å². The third-order valence-corrected chi connectivity index (χ3v) is 16.6. The van der Waals surface area contributed by atoms with Crippen LogP contribution in [0.15, 0.2) is 123 Å². The molecule has 2 atom stereocenters. The predicted octanol–water partition coefficient (Wildman–Crippen LogP) is 5.86. The summed E-state index contributed by atoms with van der Waals surface area (Å²) in [5.41, 5.74) is 7.51. The SMILES string of the molecule is N=c1ccc2c(-c3cc(C(=O)NCCCOCCOCCOCCCNC(=O)[C@H](CCC(=O)O)NC(=O)[C@H](CCC(=O)O)NC(=O)CCc4ccc(-c5cc(-c6ccccc6)cs5)cc4)ccc3C(=O)O)c3ccc(N)c(S(=O)(=O)O)c3oc-2c1S(=O)(=O)O. The van der Waals surface area contributed by atoms with Gasteiger partial charge in [-0.25, -0.2) is 4.79 Å². The zero-order valence-electron chi connectivity index (χ0n) is 47.5. The first-order valence-corrected chi connectivity index (χ1v) is 31.4. The molecule has 4 amide bonds. The summed E-state index contributed by atoms with van der Waals surface area (Å²) in [6.07, 6.45) is -0.579. The van der Waals surface area contributed by atoms with Gasteiger partial charge < -0.3 is 60.9 Å². The molecular weight excluding hydrogens is 1220 g/mol. The lowest BCUT2D eigenvalue weighted by Gasteiger charge is -2.23. The Morgan fingerprint density at radius 3 is 1.83 bits per heavy atom. The summed E-state index contributed by atoms with van der Waals surface area (Å²) < 4.78 is 92.9. The Bertz CT molecular complexity index is 3990. The second-order valence-corrected chi connectivity index (χ2v) is 23.7. The average molecular weight is 1290 g/mol. The average Bonchev–Trinajstić information content (AvgIpc) is 1.17. The number of anilines is 1.